The van der Waals surface area contributed by atoms with Crippen LogP contribution < -0.4 is 4.90 Å². The molecule has 5 heteroatoms. The Hall–Kier alpha value is -3.13. The Morgan fingerprint density at radius 1 is 1.31 bits per heavy atom. The van der Waals surface area contributed by atoms with Crippen LogP contribution in [0.15, 0.2) is 60.2 Å². The summed E-state index contributed by atoms with van der Waals surface area (Å²) in [7, 11) is 1.91. The first kappa shape index (κ1) is 23.9. The lowest BCUT2D eigenvalue weighted by atomic mass is 10.0. The first-order valence-corrected chi connectivity index (χ1v) is 9.50. The van der Waals surface area contributed by atoms with Crippen molar-refractivity contribution in [3.8, 4) is 6.07 Å². The number of nitriles is 1. The molecule has 0 bridgehead atoms. The molecule has 1 atom stereocenters. The molecule has 5 nitrogen and oxygen atoms in total. The maximum atomic E-state index is 12.3. The molecule has 0 aliphatic carbocycles. The fourth-order valence-corrected chi connectivity index (χ4v) is 2.53. The van der Waals surface area contributed by atoms with E-state index in [-0.39, 0.29) is 11.9 Å². The van der Waals surface area contributed by atoms with Gasteiger partial charge in [0.2, 0.25) is 0 Å². The van der Waals surface area contributed by atoms with Gasteiger partial charge in [-0.25, -0.2) is 0 Å². The van der Waals surface area contributed by atoms with Crippen LogP contribution in [0.25, 0.3) is 0 Å². The highest BCUT2D eigenvalue weighted by Crippen LogP contribution is 2.24. The number of aldehydes is 1. The second kappa shape index (κ2) is 11.0. The topological polar surface area (TPSA) is 70.4 Å². The van der Waals surface area contributed by atoms with Gasteiger partial charge in [0, 0.05) is 24.9 Å². The number of likely N-dealkylation sites (N-methyl/N-ethyl adjacent to an activating group) is 1. The number of nitrogens with zero attached hydrogens (tertiary/aromatic N) is 2. The number of hydrogen-bond donors (Lipinski definition) is 0. The molecule has 0 saturated carbocycles. The Kier molecular flexibility index (Phi) is 9.08. The van der Waals surface area contributed by atoms with Crippen molar-refractivity contribution in [2.45, 2.75) is 45.6 Å². The fourth-order valence-electron chi connectivity index (χ4n) is 2.53. The van der Waals surface area contributed by atoms with Crippen LogP contribution >= 0.6 is 0 Å². The summed E-state index contributed by atoms with van der Waals surface area (Å²) in [6.07, 6.45) is 6.31. The van der Waals surface area contributed by atoms with Gasteiger partial charge in [-0.3, -0.25) is 9.59 Å². The summed E-state index contributed by atoms with van der Waals surface area (Å²) in [6, 6.07) is 9.72. The Morgan fingerprint density at radius 3 is 2.45 bits per heavy atom. The van der Waals surface area contributed by atoms with Gasteiger partial charge in [0.15, 0.2) is 0 Å². The molecule has 154 valence electrons. The Morgan fingerprint density at radius 2 is 1.93 bits per heavy atom. The monoisotopic (exact) mass is 394 g/mol. The Balaban J connectivity index is 2.90. The number of rotatable bonds is 9. The minimum Gasteiger partial charge on any atom is -0.460 e. The molecule has 0 aliphatic rings. The highest BCUT2D eigenvalue weighted by molar-refractivity contribution is 5.80. The third-order valence-electron chi connectivity index (χ3n) is 4.20. The van der Waals surface area contributed by atoms with Crippen LogP contribution in [0.5, 0.6) is 0 Å². The van der Waals surface area contributed by atoms with Gasteiger partial charge in [-0.2, -0.15) is 5.26 Å². The van der Waals surface area contributed by atoms with E-state index in [2.05, 4.69) is 6.58 Å². The number of allylic oxidation sites excluding steroid dienone is 3. The summed E-state index contributed by atoms with van der Waals surface area (Å²) < 4.78 is 5.45. The molecule has 0 spiro atoms. The van der Waals surface area contributed by atoms with Gasteiger partial charge in [0.1, 0.15) is 11.9 Å². The van der Waals surface area contributed by atoms with E-state index in [1.807, 2.05) is 70.0 Å². The van der Waals surface area contributed by atoms with E-state index < -0.39 is 5.60 Å². The summed E-state index contributed by atoms with van der Waals surface area (Å²) in [5.74, 6) is -0.612. The lowest BCUT2D eigenvalue weighted by Crippen LogP contribution is -2.26. The maximum absolute atomic E-state index is 12.3. The number of ether oxygens (including phenoxy) is 1. The van der Waals surface area contributed by atoms with Crippen LogP contribution in [0.4, 0.5) is 5.69 Å². The molecule has 0 fully saturated rings. The third kappa shape index (κ3) is 8.18. The van der Waals surface area contributed by atoms with E-state index in [9.17, 15) is 9.59 Å². The molecule has 1 aromatic carbocycles. The molecular weight excluding hydrogens is 364 g/mol. The molecule has 0 aromatic heterocycles. The minimum absolute atomic E-state index is 0.254. The van der Waals surface area contributed by atoms with Crippen LogP contribution in [0, 0.1) is 11.3 Å². The van der Waals surface area contributed by atoms with Crippen molar-refractivity contribution in [1.82, 2.24) is 0 Å². The number of esters is 1. The highest BCUT2D eigenvalue weighted by Gasteiger charge is 2.23. The highest BCUT2D eigenvalue weighted by atomic mass is 16.6. The predicted octanol–water partition coefficient (Wildman–Crippen LogP) is 4.72. The summed E-state index contributed by atoms with van der Waals surface area (Å²) in [6.45, 7) is 11.7. The van der Waals surface area contributed by atoms with Crippen LogP contribution in [0.2, 0.25) is 0 Å². The average molecular weight is 395 g/mol. The molecule has 0 amide bonds. The zero-order valence-corrected chi connectivity index (χ0v) is 17.9. The molecule has 0 heterocycles. The number of benzene rings is 1. The lowest BCUT2D eigenvalue weighted by Gasteiger charge is -2.23. The van der Waals surface area contributed by atoms with Crippen LogP contribution in [-0.4, -0.2) is 31.4 Å². The van der Waals surface area contributed by atoms with Crippen molar-refractivity contribution in [2.24, 2.45) is 0 Å². The van der Waals surface area contributed by atoms with E-state index in [1.54, 1.807) is 18.2 Å². The van der Waals surface area contributed by atoms with Crippen molar-refractivity contribution < 1.29 is 14.3 Å². The number of carbonyl (C=O) groups is 2. The van der Waals surface area contributed by atoms with E-state index in [1.165, 1.54) is 0 Å². The largest absolute Gasteiger partial charge is 0.460 e. The maximum Gasteiger partial charge on any atom is 0.313 e. The molecule has 0 radical (unpaired) electrons. The quantitative estimate of drug-likeness (QED) is 0.262. The SMILES string of the molecule is C=C(C=O)/C(=C\C=C/CC#N)CN(C)c1ccc(C(C)C(=O)OC(C)(C)C)cc1. The summed E-state index contributed by atoms with van der Waals surface area (Å²) in [5.41, 5.74) is 2.47. The molecular formula is C24H30N2O3. The average Bonchev–Trinajstić information content (AvgIpc) is 2.67. The van der Waals surface area contributed by atoms with Gasteiger partial charge in [-0.15, -0.1) is 0 Å². The third-order valence-corrected chi connectivity index (χ3v) is 4.20. The Bertz CT molecular complexity index is 821. The van der Waals surface area contributed by atoms with E-state index in [0.717, 1.165) is 23.1 Å². The molecule has 1 unspecified atom stereocenters. The molecule has 0 saturated heterocycles. The minimum atomic E-state index is -0.517. The summed E-state index contributed by atoms with van der Waals surface area (Å²) in [5, 5.41) is 8.60. The first-order valence-electron chi connectivity index (χ1n) is 9.50. The van der Waals surface area contributed by atoms with E-state index >= 15 is 0 Å². The summed E-state index contributed by atoms with van der Waals surface area (Å²) in [4.78, 5) is 25.4. The van der Waals surface area contributed by atoms with E-state index in [4.69, 9.17) is 10.00 Å². The van der Waals surface area contributed by atoms with Crippen molar-refractivity contribution in [3.63, 3.8) is 0 Å². The van der Waals surface area contributed by atoms with Crippen molar-refractivity contribution >= 4 is 17.9 Å². The second-order valence-electron chi connectivity index (χ2n) is 7.83. The molecule has 29 heavy (non-hydrogen) atoms. The normalized spacial score (nSPS) is 12.9. The lowest BCUT2D eigenvalue weighted by molar-refractivity contribution is -0.156. The van der Waals surface area contributed by atoms with Crippen molar-refractivity contribution in [2.75, 3.05) is 18.5 Å². The number of hydrogen-bond acceptors (Lipinski definition) is 5. The zero-order chi connectivity index (χ0) is 22.0. The van der Waals surface area contributed by atoms with Gasteiger partial charge in [-0.1, -0.05) is 36.9 Å². The molecule has 1 aromatic rings. The van der Waals surface area contributed by atoms with Gasteiger partial charge >= 0.3 is 5.97 Å². The van der Waals surface area contributed by atoms with Crippen molar-refractivity contribution in [1.29, 1.82) is 5.26 Å². The van der Waals surface area contributed by atoms with Gasteiger partial charge < -0.3 is 9.64 Å². The first-order chi connectivity index (χ1) is 13.6. The summed E-state index contributed by atoms with van der Waals surface area (Å²) >= 11 is 0. The second-order valence-corrected chi connectivity index (χ2v) is 7.83. The van der Waals surface area contributed by atoms with Gasteiger partial charge in [-0.05, 0) is 51.0 Å². The number of anilines is 1. The van der Waals surface area contributed by atoms with Crippen LogP contribution in [0.3, 0.4) is 0 Å². The van der Waals surface area contributed by atoms with Crippen LogP contribution in [0.1, 0.15) is 45.6 Å². The predicted molar refractivity (Wildman–Crippen MR) is 117 cm³/mol. The molecule has 0 aliphatic heterocycles. The van der Waals surface area contributed by atoms with Crippen LogP contribution in [-0.2, 0) is 14.3 Å². The van der Waals surface area contributed by atoms with Gasteiger partial charge in [0.25, 0.3) is 0 Å². The smallest absolute Gasteiger partial charge is 0.313 e. The molecule has 1 rings (SSSR count). The standard InChI is InChI=1S/C24H30N2O3/c1-18(17-27)21(10-8-7-9-15-25)16-26(6)22-13-11-20(12-14-22)19(2)23(28)29-24(3,4)5/h7-8,10-14,17,19H,1,9,16H2,2-6H3/b8-7-,21-10-. The van der Waals surface area contributed by atoms with Gasteiger partial charge in [0.05, 0.1) is 18.4 Å². The molecule has 0 N–H and O–H groups in total. The number of carbonyl (C=O) groups excluding carboxylic acids is 2. The fraction of sp³-hybridized carbons (Fsp3) is 0.375. The zero-order valence-electron chi connectivity index (χ0n) is 17.9. The van der Waals surface area contributed by atoms with Crippen molar-refractivity contribution in [3.05, 3.63) is 65.8 Å². The van der Waals surface area contributed by atoms with E-state index in [0.29, 0.717) is 18.5 Å². The Labute approximate surface area is 174 Å².